The monoisotopic (exact) mass is 349 g/mol. The largest absolute Gasteiger partial charge is 0.444 e. The van der Waals surface area contributed by atoms with Gasteiger partial charge in [0.15, 0.2) is 0 Å². The van der Waals surface area contributed by atoms with Gasteiger partial charge in [-0.15, -0.1) is 0 Å². The van der Waals surface area contributed by atoms with Gasteiger partial charge in [0.05, 0.1) is 0 Å². The molecular weight excluding hydrogens is 322 g/mol. The van der Waals surface area contributed by atoms with Crippen molar-refractivity contribution in [1.29, 1.82) is 0 Å². The number of rotatable bonds is 3. The minimum absolute atomic E-state index is 0.231. The van der Waals surface area contributed by atoms with Gasteiger partial charge in [-0.2, -0.15) is 0 Å². The van der Waals surface area contributed by atoms with Crippen LogP contribution in [0.4, 0.5) is 4.79 Å². The predicted molar refractivity (Wildman–Crippen MR) is 106 cm³/mol. The maximum absolute atomic E-state index is 12.2. The normalized spacial score (nSPS) is 14.7. The van der Waals surface area contributed by atoms with Crippen LogP contribution in [-0.4, -0.2) is 29.7 Å². The Morgan fingerprint density at radius 3 is 2.38 bits per heavy atom. The molecule has 1 heterocycles. The number of nitrogens with zero attached hydrogens (tertiary/aromatic N) is 1. The van der Waals surface area contributed by atoms with E-state index in [1.165, 1.54) is 22.3 Å². The van der Waals surface area contributed by atoms with Gasteiger partial charge in [-0.05, 0) is 55.9 Å². The van der Waals surface area contributed by atoms with E-state index in [4.69, 9.17) is 4.74 Å². The summed E-state index contributed by atoms with van der Waals surface area (Å²) in [5.74, 6) is 0. The standard InChI is InChI=1S/C23H27NO2/c1-23(2,3)26-22(25)24-15-13-19(14-16-24)21-12-8-7-11-20(21)17-18-9-5-4-6-10-18/h4-13H,14-17H2,1-3H3. The molecule has 0 saturated heterocycles. The zero-order chi connectivity index (χ0) is 18.6. The summed E-state index contributed by atoms with van der Waals surface area (Å²) in [5.41, 5.74) is 4.79. The van der Waals surface area contributed by atoms with Crippen LogP contribution in [-0.2, 0) is 11.2 Å². The number of ether oxygens (including phenoxy) is 1. The summed E-state index contributed by atoms with van der Waals surface area (Å²) < 4.78 is 5.48. The second kappa shape index (κ2) is 7.77. The van der Waals surface area contributed by atoms with Crippen LogP contribution in [0, 0.1) is 0 Å². The lowest BCUT2D eigenvalue weighted by Gasteiger charge is -2.30. The van der Waals surface area contributed by atoms with Crippen molar-refractivity contribution in [2.45, 2.75) is 39.2 Å². The lowest BCUT2D eigenvalue weighted by Crippen LogP contribution is -2.39. The van der Waals surface area contributed by atoms with Crippen LogP contribution in [0.15, 0.2) is 60.7 Å². The summed E-state index contributed by atoms with van der Waals surface area (Å²) in [6.45, 7) is 6.99. The molecule has 1 amide bonds. The van der Waals surface area contributed by atoms with E-state index in [1.807, 2.05) is 26.8 Å². The molecule has 1 aliphatic heterocycles. The van der Waals surface area contributed by atoms with Crippen molar-refractivity contribution in [3.63, 3.8) is 0 Å². The molecule has 0 radical (unpaired) electrons. The van der Waals surface area contributed by atoms with Crippen molar-refractivity contribution in [2.75, 3.05) is 13.1 Å². The van der Waals surface area contributed by atoms with Crippen molar-refractivity contribution in [1.82, 2.24) is 4.90 Å². The highest BCUT2D eigenvalue weighted by atomic mass is 16.6. The Bertz CT molecular complexity index is 787. The van der Waals surface area contributed by atoms with E-state index < -0.39 is 5.60 Å². The number of carbonyl (C=O) groups is 1. The van der Waals surface area contributed by atoms with Crippen LogP contribution in [0.5, 0.6) is 0 Å². The molecule has 136 valence electrons. The molecule has 3 heteroatoms. The van der Waals surface area contributed by atoms with Crippen molar-refractivity contribution < 1.29 is 9.53 Å². The van der Waals surface area contributed by atoms with E-state index in [0.717, 1.165) is 12.8 Å². The van der Waals surface area contributed by atoms with E-state index in [2.05, 4.69) is 54.6 Å². The lowest BCUT2D eigenvalue weighted by molar-refractivity contribution is 0.0270. The molecule has 3 rings (SSSR count). The SMILES string of the molecule is CC(C)(C)OC(=O)N1CC=C(c2ccccc2Cc2ccccc2)CC1. The molecule has 0 aliphatic carbocycles. The molecule has 0 unspecified atom stereocenters. The average Bonchev–Trinajstić information content (AvgIpc) is 2.62. The van der Waals surface area contributed by atoms with E-state index in [9.17, 15) is 4.79 Å². The lowest BCUT2D eigenvalue weighted by atomic mass is 9.92. The Morgan fingerprint density at radius 1 is 1.04 bits per heavy atom. The Hall–Kier alpha value is -2.55. The van der Waals surface area contributed by atoms with Gasteiger partial charge in [0.25, 0.3) is 0 Å². The van der Waals surface area contributed by atoms with Gasteiger partial charge in [0, 0.05) is 13.1 Å². The maximum Gasteiger partial charge on any atom is 0.410 e. The van der Waals surface area contributed by atoms with Gasteiger partial charge < -0.3 is 9.64 Å². The summed E-state index contributed by atoms with van der Waals surface area (Å²) in [6, 6.07) is 19.1. The Labute approximate surface area is 156 Å². The summed E-state index contributed by atoms with van der Waals surface area (Å²) in [6.07, 6.45) is 3.71. The molecule has 0 saturated carbocycles. The predicted octanol–water partition coefficient (Wildman–Crippen LogP) is 5.30. The summed E-state index contributed by atoms with van der Waals surface area (Å²) in [4.78, 5) is 14.0. The van der Waals surface area contributed by atoms with Crippen molar-refractivity contribution in [3.8, 4) is 0 Å². The fourth-order valence-corrected chi connectivity index (χ4v) is 3.21. The third-order valence-electron chi connectivity index (χ3n) is 4.46. The Kier molecular flexibility index (Phi) is 5.46. The van der Waals surface area contributed by atoms with Crippen molar-refractivity contribution in [3.05, 3.63) is 77.4 Å². The highest BCUT2D eigenvalue weighted by Gasteiger charge is 2.24. The van der Waals surface area contributed by atoms with E-state index in [-0.39, 0.29) is 6.09 Å². The molecule has 1 aliphatic rings. The molecule has 0 N–H and O–H groups in total. The highest BCUT2D eigenvalue weighted by Crippen LogP contribution is 2.27. The molecule has 0 fully saturated rings. The van der Waals surface area contributed by atoms with Crippen LogP contribution in [0.3, 0.4) is 0 Å². The minimum Gasteiger partial charge on any atom is -0.444 e. The first kappa shape index (κ1) is 18.2. The molecule has 0 spiro atoms. The maximum atomic E-state index is 12.2. The molecule has 0 aromatic heterocycles. The number of benzene rings is 2. The first-order chi connectivity index (χ1) is 12.4. The summed E-state index contributed by atoms with van der Waals surface area (Å²) in [5, 5.41) is 0. The van der Waals surface area contributed by atoms with Gasteiger partial charge in [-0.1, -0.05) is 60.7 Å². The molecule has 3 nitrogen and oxygen atoms in total. The zero-order valence-electron chi connectivity index (χ0n) is 15.9. The van der Waals surface area contributed by atoms with Crippen LogP contribution in [0.1, 0.15) is 43.9 Å². The molecule has 26 heavy (non-hydrogen) atoms. The topological polar surface area (TPSA) is 29.5 Å². The van der Waals surface area contributed by atoms with Crippen LogP contribution < -0.4 is 0 Å². The minimum atomic E-state index is -0.455. The summed E-state index contributed by atoms with van der Waals surface area (Å²) in [7, 11) is 0. The molecule has 0 atom stereocenters. The summed E-state index contributed by atoms with van der Waals surface area (Å²) >= 11 is 0. The van der Waals surface area contributed by atoms with Gasteiger partial charge in [-0.25, -0.2) is 4.79 Å². The van der Waals surface area contributed by atoms with Crippen molar-refractivity contribution >= 4 is 11.7 Å². The van der Waals surface area contributed by atoms with Crippen molar-refractivity contribution in [2.24, 2.45) is 0 Å². The average molecular weight is 349 g/mol. The van der Waals surface area contributed by atoms with Gasteiger partial charge in [0.2, 0.25) is 0 Å². The van der Waals surface area contributed by atoms with Gasteiger partial charge >= 0.3 is 6.09 Å². The Morgan fingerprint density at radius 2 is 1.73 bits per heavy atom. The first-order valence-corrected chi connectivity index (χ1v) is 9.21. The van der Waals surface area contributed by atoms with Gasteiger partial charge in [-0.3, -0.25) is 0 Å². The third-order valence-corrected chi connectivity index (χ3v) is 4.46. The van der Waals surface area contributed by atoms with E-state index in [1.54, 1.807) is 4.90 Å². The smallest absolute Gasteiger partial charge is 0.410 e. The van der Waals surface area contributed by atoms with E-state index >= 15 is 0 Å². The van der Waals surface area contributed by atoms with E-state index in [0.29, 0.717) is 13.1 Å². The fraction of sp³-hybridized carbons (Fsp3) is 0.348. The fourth-order valence-electron chi connectivity index (χ4n) is 3.21. The molecular formula is C23H27NO2. The first-order valence-electron chi connectivity index (χ1n) is 9.21. The Balaban J connectivity index is 1.74. The van der Waals surface area contributed by atoms with Crippen LogP contribution >= 0.6 is 0 Å². The van der Waals surface area contributed by atoms with Crippen LogP contribution in [0.25, 0.3) is 5.57 Å². The second-order valence-corrected chi connectivity index (χ2v) is 7.73. The molecule has 2 aromatic rings. The molecule has 2 aromatic carbocycles. The quantitative estimate of drug-likeness (QED) is 0.752. The second-order valence-electron chi connectivity index (χ2n) is 7.73. The molecule has 0 bridgehead atoms. The number of hydrogen-bond acceptors (Lipinski definition) is 2. The third kappa shape index (κ3) is 4.75. The van der Waals surface area contributed by atoms with Gasteiger partial charge in [0.1, 0.15) is 5.60 Å². The number of amides is 1. The zero-order valence-corrected chi connectivity index (χ0v) is 15.9. The van der Waals surface area contributed by atoms with Crippen LogP contribution in [0.2, 0.25) is 0 Å². The number of carbonyl (C=O) groups excluding carboxylic acids is 1. The highest BCUT2D eigenvalue weighted by molar-refractivity contribution is 5.74. The number of hydrogen-bond donors (Lipinski definition) is 0.